The second-order valence-electron chi connectivity index (χ2n) is 5.15. The number of nitrogens with zero attached hydrogens (tertiary/aromatic N) is 1. The van der Waals surface area contributed by atoms with Gasteiger partial charge >= 0.3 is 5.97 Å². The number of esters is 1. The van der Waals surface area contributed by atoms with E-state index >= 15 is 0 Å². The fourth-order valence-electron chi connectivity index (χ4n) is 2.01. The van der Waals surface area contributed by atoms with Crippen LogP contribution in [0, 0.1) is 10.1 Å². The molecule has 0 heterocycles. The third-order valence-electron chi connectivity index (χ3n) is 3.19. The SMILES string of the molecule is CS(=O)(=O)c1ccc(C(=O)OCCOc2ccc(Cl)cc2)cc1[N+](=O)[O-]. The number of carbonyl (C=O) groups is 1. The number of rotatable bonds is 7. The maximum absolute atomic E-state index is 12.0. The van der Waals surface area contributed by atoms with E-state index in [0.29, 0.717) is 10.8 Å². The maximum atomic E-state index is 12.0. The zero-order valence-electron chi connectivity index (χ0n) is 13.5. The lowest BCUT2D eigenvalue weighted by Crippen LogP contribution is -2.13. The number of carbonyl (C=O) groups excluding carboxylic acids is 1. The lowest BCUT2D eigenvalue weighted by molar-refractivity contribution is -0.387. The normalized spacial score (nSPS) is 11.0. The van der Waals surface area contributed by atoms with Crippen LogP contribution in [-0.2, 0) is 14.6 Å². The number of halogens is 1. The van der Waals surface area contributed by atoms with Crippen LogP contribution in [0.3, 0.4) is 0 Å². The topological polar surface area (TPSA) is 113 Å². The molecule has 0 N–H and O–H groups in total. The minimum atomic E-state index is -3.80. The van der Waals surface area contributed by atoms with Crippen LogP contribution in [0.2, 0.25) is 5.02 Å². The second-order valence-corrected chi connectivity index (χ2v) is 7.57. The molecule has 0 aliphatic heterocycles. The molecule has 0 amide bonds. The Labute approximate surface area is 154 Å². The highest BCUT2D eigenvalue weighted by molar-refractivity contribution is 7.90. The van der Waals surface area contributed by atoms with Gasteiger partial charge in [0.15, 0.2) is 9.84 Å². The van der Waals surface area contributed by atoms with Crippen molar-refractivity contribution in [3.8, 4) is 5.75 Å². The molecular weight excluding hydrogens is 386 g/mol. The van der Waals surface area contributed by atoms with Gasteiger partial charge in [0.25, 0.3) is 5.69 Å². The van der Waals surface area contributed by atoms with Crippen molar-refractivity contribution in [1.29, 1.82) is 0 Å². The third-order valence-corrected chi connectivity index (χ3v) is 4.59. The van der Waals surface area contributed by atoms with Gasteiger partial charge in [-0.2, -0.15) is 0 Å². The lowest BCUT2D eigenvalue weighted by atomic mass is 10.2. The molecule has 0 fully saturated rings. The Kier molecular flexibility index (Phi) is 6.17. The van der Waals surface area contributed by atoms with Crippen molar-refractivity contribution in [3.05, 3.63) is 63.2 Å². The first-order chi connectivity index (χ1) is 12.2. The molecule has 0 atom stereocenters. The van der Waals surface area contributed by atoms with Crippen molar-refractivity contribution in [3.63, 3.8) is 0 Å². The Balaban J connectivity index is 2.00. The van der Waals surface area contributed by atoms with Gasteiger partial charge in [-0.15, -0.1) is 0 Å². The Morgan fingerprint density at radius 2 is 1.81 bits per heavy atom. The Hall–Kier alpha value is -2.65. The first kappa shape index (κ1) is 19.7. The summed E-state index contributed by atoms with van der Waals surface area (Å²) < 4.78 is 33.4. The Morgan fingerprint density at radius 1 is 1.15 bits per heavy atom. The zero-order chi connectivity index (χ0) is 19.3. The molecule has 0 saturated carbocycles. The summed E-state index contributed by atoms with van der Waals surface area (Å²) in [5, 5.41) is 11.6. The first-order valence-electron chi connectivity index (χ1n) is 7.22. The summed E-state index contributed by atoms with van der Waals surface area (Å²) in [5.41, 5.74) is -0.810. The predicted octanol–water partition coefficient (Wildman–Crippen LogP) is 2.89. The molecule has 2 rings (SSSR count). The molecule has 0 aromatic heterocycles. The van der Waals surface area contributed by atoms with E-state index in [1.807, 2.05) is 0 Å². The summed E-state index contributed by atoms with van der Waals surface area (Å²) in [7, 11) is -3.80. The smallest absolute Gasteiger partial charge is 0.338 e. The summed E-state index contributed by atoms with van der Waals surface area (Å²) in [6, 6.07) is 9.63. The number of benzene rings is 2. The summed E-state index contributed by atoms with van der Waals surface area (Å²) in [6.07, 6.45) is 0.849. The van der Waals surface area contributed by atoms with Crippen molar-refractivity contribution in [2.24, 2.45) is 0 Å². The van der Waals surface area contributed by atoms with Crippen LogP contribution in [0.4, 0.5) is 5.69 Å². The summed E-state index contributed by atoms with van der Waals surface area (Å²) in [4.78, 5) is 21.7. The Morgan fingerprint density at radius 3 is 2.38 bits per heavy atom. The molecule has 0 radical (unpaired) electrons. The van der Waals surface area contributed by atoms with E-state index in [9.17, 15) is 23.3 Å². The van der Waals surface area contributed by atoms with Gasteiger partial charge in [0.05, 0.1) is 10.5 Å². The van der Waals surface area contributed by atoms with Gasteiger partial charge in [0, 0.05) is 17.3 Å². The predicted molar refractivity (Wildman–Crippen MR) is 93.4 cm³/mol. The molecule has 10 heteroatoms. The van der Waals surface area contributed by atoms with E-state index in [-0.39, 0.29) is 18.8 Å². The van der Waals surface area contributed by atoms with Crippen molar-refractivity contribution < 1.29 is 27.6 Å². The third kappa shape index (κ3) is 5.17. The summed E-state index contributed by atoms with van der Waals surface area (Å²) >= 11 is 5.75. The minimum absolute atomic E-state index is 0.0664. The molecule has 0 unspecified atom stereocenters. The number of ether oxygens (including phenoxy) is 2. The molecule has 8 nitrogen and oxygen atoms in total. The van der Waals surface area contributed by atoms with Gasteiger partial charge in [-0.1, -0.05) is 11.6 Å². The Bertz CT molecular complexity index is 926. The molecular formula is C16H14ClNO7S. The van der Waals surface area contributed by atoms with E-state index in [0.717, 1.165) is 24.5 Å². The van der Waals surface area contributed by atoms with Crippen LogP contribution in [0.1, 0.15) is 10.4 Å². The number of sulfone groups is 1. The highest BCUT2D eigenvalue weighted by Crippen LogP contribution is 2.25. The molecule has 0 bridgehead atoms. The summed E-state index contributed by atoms with van der Waals surface area (Å²) in [5.74, 6) is -0.286. The molecule has 0 saturated heterocycles. The summed E-state index contributed by atoms with van der Waals surface area (Å²) in [6.45, 7) is -0.0278. The highest BCUT2D eigenvalue weighted by Gasteiger charge is 2.24. The fraction of sp³-hybridized carbons (Fsp3) is 0.188. The van der Waals surface area contributed by atoms with Crippen molar-refractivity contribution in [1.82, 2.24) is 0 Å². The number of nitro groups is 1. The van der Waals surface area contributed by atoms with Gasteiger partial charge in [0.1, 0.15) is 23.9 Å². The number of nitro benzene ring substituents is 1. The first-order valence-corrected chi connectivity index (χ1v) is 9.49. The van der Waals surface area contributed by atoms with E-state index in [1.165, 1.54) is 0 Å². The van der Waals surface area contributed by atoms with Crippen LogP contribution in [0.25, 0.3) is 0 Å². The fourth-order valence-corrected chi connectivity index (χ4v) is 2.96. The van der Waals surface area contributed by atoms with E-state index in [4.69, 9.17) is 21.1 Å². The minimum Gasteiger partial charge on any atom is -0.490 e. The number of hydrogen-bond acceptors (Lipinski definition) is 7. The molecule has 0 aliphatic carbocycles. The van der Waals surface area contributed by atoms with Crippen molar-refractivity contribution in [2.45, 2.75) is 4.90 Å². The average Bonchev–Trinajstić information content (AvgIpc) is 2.58. The highest BCUT2D eigenvalue weighted by atomic mass is 35.5. The van der Waals surface area contributed by atoms with Crippen LogP contribution >= 0.6 is 11.6 Å². The van der Waals surface area contributed by atoms with Crippen molar-refractivity contribution in [2.75, 3.05) is 19.5 Å². The molecule has 26 heavy (non-hydrogen) atoms. The van der Waals surface area contributed by atoms with Crippen LogP contribution in [-0.4, -0.2) is 38.8 Å². The molecule has 0 aliphatic rings. The zero-order valence-corrected chi connectivity index (χ0v) is 15.1. The monoisotopic (exact) mass is 399 g/mol. The van der Waals surface area contributed by atoms with E-state index < -0.39 is 31.3 Å². The van der Waals surface area contributed by atoms with Crippen molar-refractivity contribution >= 4 is 33.1 Å². The van der Waals surface area contributed by atoms with Crippen LogP contribution in [0.5, 0.6) is 5.75 Å². The number of hydrogen-bond donors (Lipinski definition) is 0. The largest absolute Gasteiger partial charge is 0.490 e. The quantitative estimate of drug-likeness (QED) is 0.304. The molecule has 2 aromatic carbocycles. The molecule has 2 aromatic rings. The van der Waals surface area contributed by atoms with E-state index in [2.05, 4.69) is 0 Å². The van der Waals surface area contributed by atoms with Gasteiger partial charge in [-0.05, 0) is 36.4 Å². The maximum Gasteiger partial charge on any atom is 0.338 e. The lowest BCUT2D eigenvalue weighted by Gasteiger charge is -2.08. The second kappa shape index (κ2) is 8.15. The average molecular weight is 400 g/mol. The van der Waals surface area contributed by atoms with Gasteiger partial charge < -0.3 is 9.47 Å². The van der Waals surface area contributed by atoms with E-state index in [1.54, 1.807) is 24.3 Å². The van der Waals surface area contributed by atoms with Gasteiger partial charge in [-0.25, -0.2) is 13.2 Å². The van der Waals surface area contributed by atoms with Gasteiger partial charge in [-0.3, -0.25) is 10.1 Å². The standard InChI is InChI=1S/C16H14ClNO7S/c1-26(22,23)15-7-2-11(10-14(15)18(20)21)16(19)25-9-8-24-13-5-3-12(17)4-6-13/h2-7,10H,8-9H2,1H3. The van der Waals surface area contributed by atoms with Crippen LogP contribution in [0.15, 0.2) is 47.4 Å². The van der Waals surface area contributed by atoms with Crippen LogP contribution < -0.4 is 4.74 Å². The molecule has 138 valence electrons. The molecule has 0 spiro atoms. The van der Waals surface area contributed by atoms with Gasteiger partial charge in [0.2, 0.25) is 0 Å².